The molecule has 0 saturated carbocycles. The van der Waals surface area contributed by atoms with Crippen molar-refractivity contribution in [2.45, 2.75) is 39.1 Å². The fourth-order valence-electron chi connectivity index (χ4n) is 2.16. The van der Waals surface area contributed by atoms with E-state index in [1.54, 1.807) is 6.92 Å². The Morgan fingerprint density at radius 1 is 1.42 bits per heavy atom. The van der Waals surface area contributed by atoms with Gasteiger partial charge in [0.15, 0.2) is 5.79 Å². The molecule has 2 unspecified atom stereocenters. The lowest BCUT2D eigenvalue weighted by Crippen LogP contribution is -2.19. The summed E-state index contributed by atoms with van der Waals surface area (Å²) in [5.41, 5.74) is 2.09. The van der Waals surface area contributed by atoms with Gasteiger partial charge in [-0.05, 0) is 31.4 Å². The standard InChI is InChI=1S/C15H20O4/c1-10(14(16)17)8-11-4-6-12(7-5-11)13-9-18-15(2,3)19-13/h4-7,10,13H,8-9H2,1-3H3,(H,16,17). The Hall–Kier alpha value is -1.39. The molecular weight excluding hydrogens is 244 g/mol. The van der Waals surface area contributed by atoms with E-state index >= 15 is 0 Å². The molecule has 0 spiro atoms. The number of hydrogen-bond acceptors (Lipinski definition) is 3. The average Bonchev–Trinajstić information content (AvgIpc) is 2.70. The number of hydrogen-bond donors (Lipinski definition) is 1. The minimum absolute atomic E-state index is 0.0408. The van der Waals surface area contributed by atoms with Crippen LogP contribution in [0.2, 0.25) is 0 Å². The zero-order valence-electron chi connectivity index (χ0n) is 11.6. The molecule has 0 bridgehead atoms. The van der Waals surface area contributed by atoms with Crippen molar-refractivity contribution in [1.29, 1.82) is 0 Å². The van der Waals surface area contributed by atoms with Gasteiger partial charge in [-0.3, -0.25) is 4.79 Å². The highest BCUT2D eigenvalue weighted by atomic mass is 16.7. The van der Waals surface area contributed by atoms with Gasteiger partial charge in [0.2, 0.25) is 0 Å². The van der Waals surface area contributed by atoms with Crippen LogP contribution in [0.15, 0.2) is 24.3 Å². The second-order valence-corrected chi connectivity index (χ2v) is 5.50. The van der Waals surface area contributed by atoms with Crippen molar-refractivity contribution in [3.05, 3.63) is 35.4 Å². The zero-order chi connectivity index (χ0) is 14.0. The van der Waals surface area contributed by atoms with E-state index in [1.807, 2.05) is 38.1 Å². The van der Waals surface area contributed by atoms with Crippen LogP contribution in [0.4, 0.5) is 0 Å². The number of ether oxygens (including phenoxy) is 2. The second-order valence-electron chi connectivity index (χ2n) is 5.50. The molecule has 2 atom stereocenters. The van der Waals surface area contributed by atoms with Crippen LogP contribution in [0.3, 0.4) is 0 Å². The fourth-order valence-corrected chi connectivity index (χ4v) is 2.16. The Morgan fingerprint density at radius 2 is 2.05 bits per heavy atom. The topological polar surface area (TPSA) is 55.8 Å². The van der Waals surface area contributed by atoms with Crippen LogP contribution < -0.4 is 0 Å². The quantitative estimate of drug-likeness (QED) is 0.908. The van der Waals surface area contributed by atoms with Gasteiger partial charge in [0.1, 0.15) is 6.10 Å². The van der Waals surface area contributed by atoms with Crippen LogP contribution in [-0.2, 0) is 20.7 Å². The number of aliphatic carboxylic acids is 1. The summed E-state index contributed by atoms with van der Waals surface area (Å²) < 4.78 is 11.3. The Morgan fingerprint density at radius 3 is 2.53 bits per heavy atom. The molecule has 1 heterocycles. The molecule has 1 N–H and O–H groups in total. The van der Waals surface area contributed by atoms with E-state index < -0.39 is 11.8 Å². The SMILES string of the molecule is CC(Cc1ccc(C2COC(C)(C)O2)cc1)C(=O)O. The molecule has 2 rings (SSSR count). The predicted molar refractivity (Wildman–Crippen MR) is 70.8 cm³/mol. The van der Waals surface area contributed by atoms with Crippen molar-refractivity contribution in [1.82, 2.24) is 0 Å². The van der Waals surface area contributed by atoms with Gasteiger partial charge in [-0.25, -0.2) is 0 Å². The predicted octanol–water partition coefficient (Wildman–Crippen LogP) is 2.77. The molecule has 0 radical (unpaired) electrons. The van der Waals surface area contributed by atoms with Crippen LogP contribution in [0.1, 0.15) is 38.0 Å². The lowest BCUT2D eigenvalue weighted by Gasteiger charge is -2.17. The van der Waals surface area contributed by atoms with Gasteiger partial charge in [0, 0.05) is 0 Å². The first-order valence-corrected chi connectivity index (χ1v) is 6.51. The number of benzene rings is 1. The Kier molecular flexibility index (Phi) is 3.92. The first kappa shape index (κ1) is 14.0. The summed E-state index contributed by atoms with van der Waals surface area (Å²) in [5.74, 6) is -1.66. The first-order chi connectivity index (χ1) is 8.87. The number of rotatable bonds is 4. The van der Waals surface area contributed by atoms with Crippen molar-refractivity contribution in [3.63, 3.8) is 0 Å². The lowest BCUT2D eigenvalue weighted by atomic mass is 9.99. The molecule has 1 aromatic rings. The van der Waals surface area contributed by atoms with Crippen molar-refractivity contribution >= 4 is 5.97 Å². The molecule has 19 heavy (non-hydrogen) atoms. The molecule has 1 aliphatic heterocycles. The Balaban J connectivity index is 2.01. The minimum Gasteiger partial charge on any atom is -0.481 e. The summed E-state index contributed by atoms with van der Waals surface area (Å²) in [7, 11) is 0. The molecule has 1 aromatic carbocycles. The van der Waals surface area contributed by atoms with Gasteiger partial charge in [-0.15, -0.1) is 0 Å². The summed E-state index contributed by atoms with van der Waals surface area (Å²) in [6, 6.07) is 7.89. The maximum Gasteiger partial charge on any atom is 0.306 e. The zero-order valence-corrected chi connectivity index (χ0v) is 11.6. The van der Waals surface area contributed by atoms with Crippen LogP contribution in [0, 0.1) is 5.92 Å². The molecule has 0 aliphatic carbocycles. The molecule has 0 amide bonds. The van der Waals surface area contributed by atoms with Crippen LogP contribution >= 0.6 is 0 Å². The van der Waals surface area contributed by atoms with Gasteiger partial charge in [0.25, 0.3) is 0 Å². The maximum absolute atomic E-state index is 10.8. The first-order valence-electron chi connectivity index (χ1n) is 6.51. The largest absolute Gasteiger partial charge is 0.481 e. The lowest BCUT2D eigenvalue weighted by molar-refractivity contribution is -0.141. The molecule has 0 aromatic heterocycles. The second kappa shape index (κ2) is 5.31. The third-order valence-corrected chi connectivity index (χ3v) is 3.32. The van der Waals surface area contributed by atoms with Gasteiger partial charge >= 0.3 is 5.97 Å². The summed E-state index contributed by atoms with van der Waals surface area (Å²) in [4.78, 5) is 10.8. The van der Waals surface area contributed by atoms with Crippen LogP contribution in [-0.4, -0.2) is 23.5 Å². The van der Waals surface area contributed by atoms with Gasteiger partial charge in [-0.1, -0.05) is 31.2 Å². The van der Waals surface area contributed by atoms with Gasteiger partial charge in [-0.2, -0.15) is 0 Å². The summed E-state index contributed by atoms with van der Waals surface area (Å²) in [6.07, 6.45) is 0.504. The Labute approximate surface area is 113 Å². The van der Waals surface area contributed by atoms with E-state index in [1.165, 1.54) is 0 Å². The van der Waals surface area contributed by atoms with Gasteiger partial charge in [0.05, 0.1) is 12.5 Å². The van der Waals surface area contributed by atoms with Crippen LogP contribution in [0.5, 0.6) is 0 Å². The maximum atomic E-state index is 10.8. The summed E-state index contributed by atoms with van der Waals surface area (Å²) >= 11 is 0. The van der Waals surface area contributed by atoms with Crippen molar-refractivity contribution in [3.8, 4) is 0 Å². The summed E-state index contributed by atoms with van der Waals surface area (Å²) in [6.45, 7) is 6.07. The van der Waals surface area contributed by atoms with E-state index in [-0.39, 0.29) is 12.0 Å². The highest BCUT2D eigenvalue weighted by Crippen LogP contribution is 2.32. The smallest absolute Gasteiger partial charge is 0.306 e. The normalized spacial score (nSPS) is 23.2. The monoisotopic (exact) mass is 264 g/mol. The average molecular weight is 264 g/mol. The number of carboxylic acids is 1. The van der Waals surface area contributed by atoms with E-state index in [0.29, 0.717) is 13.0 Å². The van der Waals surface area contributed by atoms with E-state index in [4.69, 9.17) is 14.6 Å². The number of carboxylic acid groups (broad SMARTS) is 1. The van der Waals surface area contributed by atoms with Crippen LogP contribution in [0.25, 0.3) is 0 Å². The summed E-state index contributed by atoms with van der Waals surface area (Å²) in [5, 5.41) is 8.89. The number of carbonyl (C=O) groups is 1. The Bertz CT molecular complexity index is 450. The molecule has 104 valence electrons. The molecule has 4 nitrogen and oxygen atoms in total. The van der Waals surface area contributed by atoms with E-state index in [0.717, 1.165) is 11.1 Å². The molecule has 1 aliphatic rings. The molecule has 4 heteroatoms. The molecule has 1 saturated heterocycles. The minimum atomic E-state index is -0.765. The van der Waals surface area contributed by atoms with Crippen molar-refractivity contribution in [2.75, 3.05) is 6.61 Å². The van der Waals surface area contributed by atoms with Gasteiger partial charge < -0.3 is 14.6 Å². The molecule has 1 fully saturated rings. The van der Waals surface area contributed by atoms with E-state index in [9.17, 15) is 4.79 Å². The third kappa shape index (κ3) is 3.55. The fraction of sp³-hybridized carbons (Fsp3) is 0.533. The van der Waals surface area contributed by atoms with E-state index in [2.05, 4.69) is 0 Å². The molecular formula is C15H20O4. The van der Waals surface area contributed by atoms with Crippen molar-refractivity contribution < 1.29 is 19.4 Å². The highest BCUT2D eigenvalue weighted by Gasteiger charge is 2.33. The third-order valence-electron chi connectivity index (χ3n) is 3.32. The van der Waals surface area contributed by atoms with Crippen molar-refractivity contribution in [2.24, 2.45) is 5.92 Å². The highest BCUT2D eigenvalue weighted by molar-refractivity contribution is 5.69.